The smallest absolute Gasteiger partial charge is 0.338 e. The number of carbonyl (C=O) groups is 2. The molecular formula is C22H23N3O7. The quantitative estimate of drug-likeness (QED) is 0.412. The van der Waals surface area contributed by atoms with Crippen LogP contribution in [0.2, 0.25) is 0 Å². The lowest BCUT2D eigenvalue weighted by Crippen LogP contribution is -2.34. The lowest BCUT2D eigenvalue weighted by Gasteiger charge is -2.32. The number of nitrogens with zero attached hydrogens (tertiary/aromatic N) is 2. The number of piperidine rings is 1. The summed E-state index contributed by atoms with van der Waals surface area (Å²) in [5, 5.41) is 14.2. The third-order valence-corrected chi connectivity index (χ3v) is 5.40. The zero-order valence-electron chi connectivity index (χ0n) is 17.5. The lowest BCUT2D eigenvalue weighted by atomic mass is 9.99. The van der Waals surface area contributed by atoms with Crippen LogP contribution in [-0.4, -0.2) is 43.3 Å². The Bertz CT molecular complexity index is 1060. The number of hydrogen-bond acceptors (Lipinski definition) is 8. The molecule has 2 aromatic rings. The van der Waals surface area contributed by atoms with Gasteiger partial charge >= 0.3 is 5.97 Å². The monoisotopic (exact) mass is 441 g/mol. The highest BCUT2D eigenvalue weighted by atomic mass is 16.7. The molecule has 0 unspecified atom stereocenters. The van der Waals surface area contributed by atoms with Crippen molar-refractivity contribution >= 4 is 28.9 Å². The second-order valence-corrected chi connectivity index (χ2v) is 7.85. The minimum absolute atomic E-state index is 0.0152. The van der Waals surface area contributed by atoms with E-state index in [9.17, 15) is 19.7 Å². The molecule has 10 nitrogen and oxygen atoms in total. The second-order valence-electron chi connectivity index (χ2n) is 7.85. The molecule has 2 heterocycles. The van der Waals surface area contributed by atoms with Crippen LogP contribution in [0.5, 0.6) is 11.5 Å². The Morgan fingerprint density at radius 2 is 2.03 bits per heavy atom. The zero-order chi connectivity index (χ0) is 22.7. The van der Waals surface area contributed by atoms with Gasteiger partial charge in [-0.25, -0.2) is 4.79 Å². The summed E-state index contributed by atoms with van der Waals surface area (Å²) in [6.45, 7) is 3.15. The first kappa shape index (κ1) is 21.4. The van der Waals surface area contributed by atoms with E-state index in [4.69, 9.17) is 14.2 Å². The van der Waals surface area contributed by atoms with Gasteiger partial charge in [-0.2, -0.15) is 0 Å². The van der Waals surface area contributed by atoms with Gasteiger partial charge in [0.15, 0.2) is 18.1 Å². The van der Waals surface area contributed by atoms with Crippen molar-refractivity contribution < 1.29 is 28.7 Å². The molecule has 2 aliphatic heterocycles. The maximum Gasteiger partial charge on any atom is 0.338 e. The van der Waals surface area contributed by atoms with Gasteiger partial charge in [0, 0.05) is 30.9 Å². The summed E-state index contributed by atoms with van der Waals surface area (Å²) in [4.78, 5) is 37.6. The molecule has 0 aromatic heterocycles. The number of anilines is 2. The predicted octanol–water partition coefficient (Wildman–Crippen LogP) is 3.36. The molecule has 168 valence electrons. The Kier molecular flexibility index (Phi) is 6.11. The van der Waals surface area contributed by atoms with Gasteiger partial charge < -0.3 is 24.4 Å². The SMILES string of the molecule is C[C@@H]1CCCN(c2ccc(C(=O)OCC(=O)Nc3ccc4c(c3)OCO4)cc2[N+](=O)[O-])C1. The first-order valence-corrected chi connectivity index (χ1v) is 10.3. The normalized spacial score (nSPS) is 17.0. The molecule has 10 heteroatoms. The van der Waals surface area contributed by atoms with Gasteiger partial charge in [-0.1, -0.05) is 6.92 Å². The summed E-state index contributed by atoms with van der Waals surface area (Å²) in [6.07, 6.45) is 2.05. The summed E-state index contributed by atoms with van der Waals surface area (Å²) in [5.41, 5.74) is 0.810. The van der Waals surface area contributed by atoms with Crippen LogP contribution in [0.4, 0.5) is 17.1 Å². The standard InChI is InChI=1S/C22H23N3O7/c1-14-3-2-8-24(11-14)17-6-4-15(9-18(17)25(28)29)22(27)30-12-21(26)23-16-5-7-19-20(10-16)32-13-31-19/h4-7,9-10,14H,2-3,8,11-13H2,1H3,(H,23,26)/t14-/m1/s1. The topological polar surface area (TPSA) is 120 Å². The molecular weight excluding hydrogens is 418 g/mol. The number of carbonyl (C=O) groups excluding carboxylic acids is 2. The van der Waals surface area contributed by atoms with E-state index in [0.717, 1.165) is 25.9 Å². The number of ether oxygens (including phenoxy) is 3. The molecule has 1 fully saturated rings. The van der Waals surface area contributed by atoms with Crippen molar-refractivity contribution in [3.63, 3.8) is 0 Å². The third kappa shape index (κ3) is 4.74. The van der Waals surface area contributed by atoms with Crippen LogP contribution in [0.1, 0.15) is 30.1 Å². The molecule has 0 spiro atoms. The van der Waals surface area contributed by atoms with Crippen LogP contribution in [0, 0.1) is 16.0 Å². The lowest BCUT2D eigenvalue weighted by molar-refractivity contribution is -0.384. The molecule has 0 aliphatic carbocycles. The van der Waals surface area contributed by atoms with Crippen molar-refractivity contribution in [3.8, 4) is 11.5 Å². The van der Waals surface area contributed by atoms with E-state index in [-0.39, 0.29) is 18.0 Å². The first-order valence-electron chi connectivity index (χ1n) is 10.3. The Morgan fingerprint density at radius 1 is 1.22 bits per heavy atom. The van der Waals surface area contributed by atoms with Crippen LogP contribution >= 0.6 is 0 Å². The zero-order valence-corrected chi connectivity index (χ0v) is 17.5. The van der Waals surface area contributed by atoms with Gasteiger partial charge in [0.1, 0.15) is 5.69 Å². The third-order valence-electron chi connectivity index (χ3n) is 5.40. The molecule has 1 atom stereocenters. The Labute approximate surface area is 184 Å². The predicted molar refractivity (Wildman–Crippen MR) is 115 cm³/mol. The summed E-state index contributed by atoms with van der Waals surface area (Å²) >= 11 is 0. The highest BCUT2D eigenvalue weighted by molar-refractivity contribution is 5.96. The molecule has 1 N–H and O–H groups in total. The number of rotatable bonds is 6. The van der Waals surface area contributed by atoms with Gasteiger partial charge in [0.2, 0.25) is 6.79 Å². The summed E-state index contributed by atoms with van der Waals surface area (Å²) < 4.78 is 15.5. The maximum absolute atomic E-state index is 12.4. The van der Waals surface area contributed by atoms with Gasteiger partial charge in [-0.05, 0) is 43.0 Å². The van der Waals surface area contributed by atoms with Crippen LogP contribution in [0.25, 0.3) is 0 Å². The Hall–Kier alpha value is -3.82. The summed E-state index contributed by atoms with van der Waals surface area (Å²) in [5.74, 6) is 0.170. The molecule has 4 rings (SSSR count). The van der Waals surface area contributed by atoms with Gasteiger partial charge in [-0.3, -0.25) is 14.9 Å². The summed E-state index contributed by atoms with van der Waals surface area (Å²) in [6, 6.07) is 9.15. The van der Waals surface area contributed by atoms with E-state index in [0.29, 0.717) is 28.8 Å². The number of nitrogens with one attached hydrogen (secondary N) is 1. The number of fused-ring (bicyclic) bond motifs is 1. The average Bonchev–Trinajstić information content (AvgIpc) is 3.25. The Balaban J connectivity index is 1.39. The number of hydrogen-bond donors (Lipinski definition) is 1. The fourth-order valence-corrected chi connectivity index (χ4v) is 3.86. The van der Waals surface area contributed by atoms with E-state index in [2.05, 4.69) is 12.2 Å². The van der Waals surface area contributed by atoms with Crippen LogP contribution in [0.15, 0.2) is 36.4 Å². The molecule has 0 bridgehead atoms. The van der Waals surface area contributed by atoms with Gasteiger partial charge in [0.25, 0.3) is 11.6 Å². The molecule has 1 amide bonds. The van der Waals surface area contributed by atoms with Crippen LogP contribution < -0.4 is 19.7 Å². The highest BCUT2D eigenvalue weighted by Gasteiger charge is 2.25. The van der Waals surface area contributed by atoms with E-state index in [1.54, 1.807) is 24.3 Å². The molecule has 0 radical (unpaired) electrons. The number of benzene rings is 2. The van der Waals surface area contributed by atoms with Crippen molar-refractivity contribution in [3.05, 3.63) is 52.1 Å². The average molecular weight is 441 g/mol. The largest absolute Gasteiger partial charge is 0.454 e. The second kappa shape index (κ2) is 9.13. The molecule has 32 heavy (non-hydrogen) atoms. The van der Waals surface area contributed by atoms with Crippen molar-refractivity contribution in [2.75, 3.05) is 36.7 Å². The van der Waals surface area contributed by atoms with E-state index in [1.807, 2.05) is 4.90 Å². The molecule has 1 saturated heterocycles. The van der Waals surface area contributed by atoms with Crippen molar-refractivity contribution in [1.82, 2.24) is 0 Å². The minimum Gasteiger partial charge on any atom is -0.454 e. The van der Waals surface area contributed by atoms with E-state index >= 15 is 0 Å². The fraction of sp³-hybridized carbons (Fsp3) is 0.364. The van der Waals surface area contributed by atoms with Crippen molar-refractivity contribution in [2.45, 2.75) is 19.8 Å². The van der Waals surface area contributed by atoms with Crippen molar-refractivity contribution in [2.24, 2.45) is 5.92 Å². The Morgan fingerprint density at radius 3 is 2.81 bits per heavy atom. The van der Waals surface area contributed by atoms with Gasteiger partial charge in [-0.15, -0.1) is 0 Å². The summed E-state index contributed by atoms with van der Waals surface area (Å²) in [7, 11) is 0. The van der Waals surface area contributed by atoms with Crippen LogP contribution in [-0.2, 0) is 9.53 Å². The maximum atomic E-state index is 12.4. The number of nitro benzene ring substituents is 1. The van der Waals surface area contributed by atoms with Crippen LogP contribution in [0.3, 0.4) is 0 Å². The number of amides is 1. The fourth-order valence-electron chi connectivity index (χ4n) is 3.86. The molecule has 2 aliphatic rings. The van der Waals surface area contributed by atoms with Gasteiger partial charge in [0.05, 0.1) is 10.5 Å². The number of nitro groups is 1. The number of esters is 1. The minimum atomic E-state index is -0.813. The molecule has 2 aromatic carbocycles. The van der Waals surface area contributed by atoms with E-state index < -0.39 is 23.4 Å². The first-order chi connectivity index (χ1) is 15.4. The van der Waals surface area contributed by atoms with Crippen molar-refractivity contribution in [1.29, 1.82) is 0 Å². The molecule has 0 saturated carbocycles. The highest BCUT2D eigenvalue weighted by Crippen LogP contribution is 2.34. The van der Waals surface area contributed by atoms with E-state index in [1.165, 1.54) is 12.1 Å².